The van der Waals surface area contributed by atoms with Crippen LogP contribution in [0.15, 0.2) is 27.8 Å². The largest absolute Gasteiger partial charge is 0.465 e. The number of quaternary nitrogens is 1. The first-order valence-electron chi connectivity index (χ1n) is 6.49. The van der Waals surface area contributed by atoms with Gasteiger partial charge in [-0.05, 0) is 19.1 Å². The van der Waals surface area contributed by atoms with E-state index in [2.05, 4.69) is 4.99 Å². The highest BCUT2D eigenvalue weighted by Gasteiger charge is 2.21. The lowest BCUT2D eigenvalue weighted by atomic mass is 10.2. The van der Waals surface area contributed by atoms with Gasteiger partial charge in [0.15, 0.2) is 17.7 Å². The quantitative estimate of drug-likeness (QED) is 0.572. The summed E-state index contributed by atoms with van der Waals surface area (Å²) in [6, 6.07) is 5.63. The fourth-order valence-corrected chi connectivity index (χ4v) is 1.70. The van der Waals surface area contributed by atoms with Crippen molar-refractivity contribution in [2.75, 3.05) is 27.2 Å². The number of hydrogen-bond acceptors (Lipinski definition) is 5. The van der Waals surface area contributed by atoms with Gasteiger partial charge in [-0.3, -0.25) is 9.79 Å². The summed E-state index contributed by atoms with van der Waals surface area (Å²) < 4.78 is 10.2. The molecule has 1 aromatic heterocycles. The van der Waals surface area contributed by atoms with Gasteiger partial charge < -0.3 is 14.1 Å². The lowest BCUT2D eigenvalue weighted by Gasteiger charge is -2.17. The monoisotopic (exact) mass is 278 g/mol. The Morgan fingerprint density at radius 3 is 2.90 bits per heavy atom. The smallest absolute Gasteiger partial charge is 0.328 e. The summed E-state index contributed by atoms with van der Waals surface area (Å²) in [6.07, 6.45) is 2.96. The molecule has 6 nitrogen and oxygen atoms in total. The molecule has 0 aromatic carbocycles. The summed E-state index contributed by atoms with van der Waals surface area (Å²) in [5.41, 5.74) is 0. The van der Waals surface area contributed by atoms with Crippen LogP contribution in [0.1, 0.15) is 18.7 Å². The third-order valence-corrected chi connectivity index (χ3v) is 2.81. The van der Waals surface area contributed by atoms with Gasteiger partial charge >= 0.3 is 5.97 Å². The normalized spacial score (nSPS) is 14.2. The van der Waals surface area contributed by atoms with Crippen molar-refractivity contribution >= 4 is 12.2 Å². The van der Waals surface area contributed by atoms with Gasteiger partial charge in [0, 0.05) is 6.21 Å². The Morgan fingerprint density at radius 1 is 1.65 bits per heavy atom. The molecule has 0 aliphatic carbocycles. The number of likely N-dealkylation sites (N-methyl/N-ethyl adjacent to an activating group) is 1. The summed E-state index contributed by atoms with van der Waals surface area (Å²) in [5, 5.41) is 8.92. The van der Waals surface area contributed by atoms with Crippen molar-refractivity contribution in [2.24, 2.45) is 10.9 Å². The van der Waals surface area contributed by atoms with Gasteiger partial charge in [-0.25, -0.2) is 0 Å². The zero-order chi connectivity index (χ0) is 15.0. The molecule has 0 unspecified atom stereocenters. The Labute approximate surface area is 118 Å². The van der Waals surface area contributed by atoms with Crippen molar-refractivity contribution in [3.05, 3.63) is 24.2 Å². The van der Waals surface area contributed by atoms with E-state index in [4.69, 9.17) is 14.4 Å². The number of nitrogens with zero attached hydrogens (tertiary/aromatic N) is 2. The second kappa shape index (κ2) is 8.12. The maximum absolute atomic E-state index is 11.5. The molecule has 1 rings (SSSR count). The minimum absolute atomic E-state index is 0.0442. The highest BCUT2D eigenvalue weighted by Crippen LogP contribution is 2.10. The first kappa shape index (κ1) is 15.9. The van der Waals surface area contributed by atoms with Gasteiger partial charge in [0.2, 0.25) is 0 Å². The molecule has 108 valence electrons. The number of carbonyl (C=O) groups is 1. The molecular formula is C14H20N3O3+. The van der Waals surface area contributed by atoms with E-state index in [0.29, 0.717) is 6.54 Å². The van der Waals surface area contributed by atoms with Crippen LogP contribution in [0.5, 0.6) is 0 Å². The van der Waals surface area contributed by atoms with Gasteiger partial charge in [0.1, 0.15) is 0 Å². The molecule has 0 fully saturated rings. The maximum atomic E-state index is 11.5. The third-order valence-electron chi connectivity index (χ3n) is 2.81. The summed E-state index contributed by atoms with van der Waals surface area (Å²) in [5.74, 6) is -0.693. The molecule has 0 saturated heterocycles. The highest BCUT2D eigenvalue weighted by atomic mass is 16.5. The van der Waals surface area contributed by atoms with E-state index in [1.165, 1.54) is 6.21 Å². The van der Waals surface area contributed by atoms with Crippen LogP contribution in [0.2, 0.25) is 0 Å². The van der Waals surface area contributed by atoms with Crippen LogP contribution in [0.4, 0.5) is 0 Å². The first-order valence-corrected chi connectivity index (χ1v) is 6.49. The number of rotatable bonds is 7. The molecular weight excluding hydrogens is 258 g/mol. The molecule has 0 bridgehead atoms. The first-order chi connectivity index (χ1) is 9.60. The molecule has 20 heavy (non-hydrogen) atoms. The Bertz CT molecular complexity index is 474. The number of aliphatic imine (C=N–C) groups is 1. The highest BCUT2D eigenvalue weighted by molar-refractivity contribution is 5.92. The van der Waals surface area contributed by atoms with Gasteiger partial charge in [-0.1, -0.05) is 0 Å². The summed E-state index contributed by atoms with van der Waals surface area (Å²) in [7, 11) is 3.99. The SMILES string of the molecule is CCOC(=O)[C@@H](C#N)C=NC[C@H](c1ccco1)[NH+](C)C. The minimum Gasteiger partial charge on any atom is -0.465 e. The predicted octanol–water partition coefficient (Wildman–Crippen LogP) is 0.239. The number of ether oxygens (including phenoxy) is 1. The molecule has 0 aliphatic rings. The lowest BCUT2D eigenvalue weighted by molar-refractivity contribution is -0.891. The fourth-order valence-electron chi connectivity index (χ4n) is 1.70. The van der Waals surface area contributed by atoms with E-state index in [-0.39, 0.29) is 12.6 Å². The average molecular weight is 278 g/mol. The molecule has 1 heterocycles. The molecule has 0 amide bonds. The number of furan rings is 1. The van der Waals surface area contributed by atoms with E-state index < -0.39 is 11.9 Å². The van der Waals surface area contributed by atoms with E-state index >= 15 is 0 Å². The second-order valence-corrected chi connectivity index (χ2v) is 4.52. The van der Waals surface area contributed by atoms with Crippen molar-refractivity contribution in [2.45, 2.75) is 13.0 Å². The van der Waals surface area contributed by atoms with Crippen LogP contribution in [-0.2, 0) is 9.53 Å². The molecule has 2 atom stereocenters. The number of esters is 1. The average Bonchev–Trinajstić information content (AvgIpc) is 2.92. The molecule has 1 aromatic rings. The molecule has 1 N–H and O–H groups in total. The van der Waals surface area contributed by atoms with E-state index in [0.717, 1.165) is 10.7 Å². The van der Waals surface area contributed by atoms with Crippen LogP contribution < -0.4 is 4.90 Å². The zero-order valence-corrected chi connectivity index (χ0v) is 12.0. The molecule has 0 radical (unpaired) electrons. The third kappa shape index (κ3) is 4.52. The number of carbonyl (C=O) groups excluding carboxylic acids is 1. The number of nitriles is 1. The van der Waals surface area contributed by atoms with Crippen molar-refractivity contribution in [1.29, 1.82) is 5.26 Å². The van der Waals surface area contributed by atoms with E-state index in [1.807, 2.05) is 32.3 Å². The van der Waals surface area contributed by atoms with Crippen molar-refractivity contribution in [3.8, 4) is 6.07 Å². The molecule has 0 saturated carbocycles. The molecule has 0 aliphatic heterocycles. The van der Waals surface area contributed by atoms with Crippen LogP contribution in [0, 0.1) is 17.2 Å². The second-order valence-electron chi connectivity index (χ2n) is 4.52. The number of hydrogen-bond donors (Lipinski definition) is 1. The van der Waals surface area contributed by atoms with Gasteiger partial charge in [0.25, 0.3) is 0 Å². The van der Waals surface area contributed by atoms with Crippen LogP contribution in [-0.4, -0.2) is 39.4 Å². The lowest BCUT2D eigenvalue weighted by Crippen LogP contribution is -3.06. The predicted molar refractivity (Wildman–Crippen MR) is 73.4 cm³/mol. The van der Waals surface area contributed by atoms with Gasteiger partial charge in [-0.15, -0.1) is 0 Å². The van der Waals surface area contributed by atoms with Crippen LogP contribution >= 0.6 is 0 Å². The Kier molecular flexibility index (Phi) is 6.47. The topological polar surface area (TPSA) is 80.0 Å². The van der Waals surface area contributed by atoms with Crippen LogP contribution in [0.25, 0.3) is 0 Å². The summed E-state index contributed by atoms with van der Waals surface area (Å²) in [4.78, 5) is 16.8. The van der Waals surface area contributed by atoms with Gasteiger partial charge in [-0.2, -0.15) is 5.26 Å². The standard InChI is InChI=1S/C14H19N3O3/c1-4-19-14(18)11(8-15)9-16-10-12(17(2)3)13-6-5-7-20-13/h5-7,9,11-12H,4,10H2,1-3H3/p+1/t11-,12+/m0/s1. The van der Waals surface area contributed by atoms with Crippen molar-refractivity contribution in [3.63, 3.8) is 0 Å². The van der Waals surface area contributed by atoms with Crippen molar-refractivity contribution in [1.82, 2.24) is 0 Å². The van der Waals surface area contributed by atoms with Crippen LogP contribution in [0.3, 0.4) is 0 Å². The van der Waals surface area contributed by atoms with Crippen molar-refractivity contribution < 1.29 is 18.8 Å². The number of nitrogens with one attached hydrogen (secondary N) is 1. The Balaban J connectivity index is 2.65. The summed E-state index contributed by atoms with van der Waals surface area (Å²) >= 11 is 0. The Hall–Kier alpha value is -2.13. The molecule has 0 spiro atoms. The van der Waals surface area contributed by atoms with E-state index in [1.54, 1.807) is 13.2 Å². The summed E-state index contributed by atoms with van der Waals surface area (Å²) in [6.45, 7) is 2.39. The van der Waals surface area contributed by atoms with Gasteiger partial charge in [0.05, 0.1) is 39.6 Å². The minimum atomic E-state index is -0.954. The fraction of sp³-hybridized carbons (Fsp3) is 0.500. The maximum Gasteiger partial charge on any atom is 0.328 e. The Morgan fingerprint density at radius 2 is 2.40 bits per heavy atom. The van der Waals surface area contributed by atoms with E-state index in [9.17, 15) is 4.79 Å². The molecule has 6 heteroatoms. The zero-order valence-electron chi connectivity index (χ0n) is 12.0.